The van der Waals surface area contributed by atoms with E-state index in [2.05, 4.69) is 9.62 Å². The van der Waals surface area contributed by atoms with Crippen molar-refractivity contribution in [2.24, 2.45) is 11.8 Å². The number of hydrogen-bond donors (Lipinski definition) is 2. The molecule has 2 aromatic carbocycles. The van der Waals surface area contributed by atoms with Gasteiger partial charge in [0.25, 0.3) is 5.91 Å². The quantitative estimate of drug-likeness (QED) is 0.400. The molecule has 1 fully saturated rings. The van der Waals surface area contributed by atoms with Gasteiger partial charge >= 0.3 is 0 Å². The van der Waals surface area contributed by atoms with Crippen molar-refractivity contribution >= 4 is 33.2 Å². The minimum Gasteiger partial charge on any atom is -0.487 e. The minimum atomic E-state index is -3.83. The van der Waals surface area contributed by atoms with Crippen LogP contribution in [-0.2, 0) is 23.1 Å². The van der Waals surface area contributed by atoms with E-state index >= 15 is 0 Å². The monoisotopic (exact) mass is 602 g/mol. The highest BCUT2D eigenvalue weighted by Crippen LogP contribution is 2.41. The van der Waals surface area contributed by atoms with Crippen molar-refractivity contribution in [1.29, 1.82) is 0 Å². The van der Waals surface area contributed by atoms with Crippen molar-refractivity contribution in [2.75, 3.05) is 18.0 Å². The minimum absolute atomic E-state index is 0.259. The summed E-state index contributed by atoms with van der Waals surface area (Å²) in [5.41, 5.74) is 3.36. The molecule has 2 heterocycles. The lowest BCUT2D eigenvalue weighted by Gasteiger charge is -2.43. The van der Waals surface area contributed by atoms with Crippen LogP contribution >= 0.6 is 11.6 Å². The van der Waals surface area contributed by atoms with Gasteiger partial charge in [-0.1, -0.05) is 43.9 Å². The van der Waals surface area contributed by atoms with Crippen LogP contribution in [0.1, 0.15) is 92.6 Å². The van der Waals surface area contributed by atoms with Gasteiger partial charge in [0.05, 0.1) is 17.0 Å². The van der Waals surface area contributed by atoms with Crippen LogP contribution in [0.25, 0.3) is 0 Å². The summed E-state index contributed by atoms with van der Waals surface area (Å²) in [5, 5.41) is 11.2. The zero-order valence-corrected chi connectivity index (χ0v) is 25.6. The van der Waals surface area contributed by atoms with E-state index < -0.39 is 21.2 Å². The third kappa shape index (κ3) is 7.20. The lowest BCUT2D eigenvalue weighted by atomic mass is 9.69. The number of ether oxygens (including phenoxy) is 1. The van der Waals surface area contributed by atoms with E-state index in [1.165, 1.54) is 5.56 Å². The average Bonchev–Trinajstić information content (AvgIpc) is 2.95. The van der Waals surface area contributed by atoms with Gasteiger partial charge in [-0.25, -0.2) is 13.1 Å². The molecule has 224 valence electrons. The largest absolute Gasteiger partial charge is 0.487 e. The first-order valence-corrected chi connectivity index (χ1v) is 17.2. The molecule has 41 heavy (non-hydrogen) atoms. The summed E-state index contributed by atoms with van der Waals surface area (Å²) in [6.45, 7) is 3.75. The maximum atomic E-state index is 13.3. The number of benzene rings is 2. The van der Waals surface area contributed by atoms with Crippen molar-refractivity contribution in [2.45, 2.75) is 95.5 Å². The topological polar surface area (TPSA) is 95.9 Å². The predicted molar refractivity (Wildman–Crippen MR) is 163 cm³/mol. The van der Waals surface area contributed by atoms with Crippen molar-refractivity contribution in [3.05, 3.63) is 58.1 Å². The Kier molecular flexibility index (Phi) is 9.82. The van der Waals surface area contributed by atoms with Gasteiger partial charge in [0.1, 0.15) is 12.4 Å². The number of aliphatic hydroxyl groups excluding tert-OH is 1. The number of hydrogen-bond acceptors (Lipinski definition) is 6. The Morgan fingerprint density at radius 3 is 2.61 bits per heavy atom. The molecule has 1 aliphatic carbocycles. The Morgan fingerprint density at radius 2 is 1.83 bits per heavy atom. The molecule has 5 rings (SSSR count). The third-order valence-corrected chi connectivity index (χ3v) is 11.5. The normalized spacial score (nSPS) is 27.5. The fourth-order valence-electron chi connectivity index (χ4n) is 6.66. The van der Waals surface area contributed by atoms with E-state index in [1.54, 1.807) is 18.2 Å². The standard InChI is InChI=1S/C32H43ClN2O5S/c1-2-27-9-4-3-5-10-30(36)28-15-12-24(28)20-35-17-7-6-8-22-18-26(33)14-11-25(22)21-40-31-16-13-23(19-29(31)35)32(37)34-41(27,38)39/h11,13-14,16,18-19,24,27-28,30,36H,2-10,12,15,17,20-21H2,1H3,(H,34,37)/t24-,27+,28+,30-/m0/s1. The zero-order valence-electron chi connectivity index (χ0n) is 24.0. The van der Waals surface area contributed by atoms with Gasteiger partial charge in [-0.2, -0.15) is 0 Å². The second kappa shape index (κ2) is 13.3. The summed E-state index contributed by atoms with van der Waals surface area (Å²) in [7, 11) is -3.83. The lowest BCUT2D eigenvalue weighted by Crippen LogP contribution is -2.43. The Bertz CT molecular complexity index is 1330. The van der Waals surface area contributed by atoms with Crippen LogP contribution < -0.4 is 14.4 Å². The maximum Gasteiger partial charge on any atom is 0.264 e. The highest BCUT2D eigenvalue weighted by atomic mass is 35.5. The number of rotatable bonds is 1. The number of nitrogens with one attached hydrogen (secondary N) is 1. The average molecular weight is 603 g/mol. The number of carbonyl (C=O) groups excluding carboxylic acids is 1. The molecular formula is C32H43ClN2O5S. The molecule has 9 heteroatoms. The molecule has 1 amide bonds. The first-order valence-electron chi connectivity index (χ1n) is 15.3. The number of carbonyl (C=O) groups is 1. The Labute approximate surface area is 249 Å². The molecular weight excluding hydrogens is 560 g/mol. The Hall–Kier alpha value is -2.29. The number of aliphatic hydroxyl groups is 1. The molecule has 2 aromatic rings. The van der Waals surface area contributed by atoms with E-state index in [-0.39, 0.29) is 12.0 Å². The van der Waals surface area contributed by atoms with Gasteiger partial charge < -0.3 is 14.7 Å². The van der Waals surface area contributed by atoms with Crippen molar-refractivity contribution in [3.63, 3.8) is 0 Å². The SMILES string of the molecule is CC[C@@H]1CCCCC[C@H](O)[C@@H]2CC[C@H]2CN2CCCCc3cc(Cl)ccc3COc3ccc(cc32)C(=O)NS1(=O)=O. The maximum absolute atomic E-state index is 13.3. The number of sulfonamides is 1. The van der Waals surface area contributed by atoms with E-state index in [0.717, 1.165) is 82.1 Å². The van der Waals surface area contributed by atoms with Gasteiger partial charge in [-0.05, 0) is 105 Å². The molecule has 2 bridgehead atoms. The summed E-state index contributed by atoms with van der Waals surface area (Å²) in [6, 6.07) is 11.1. The van der Waals surface area contributed by atoms with E-state index in [0.29, 0.717) is 41.7 Å². The molecule has 0 radical (unpaired) electrons. The van der Waals surface area contributed by atoms with Crippen molar-refractivity contribution in [1.82, 2.24) is 4.72 Å². The fourth-order valence-corrected chi connectivity index (χ4v) is 8.31. The van der Waals surface area contributed by atoms with Gasteiger partial charge in [0.15, 0.2) is 0 Å². The number of amides is 1. The smallest absolute Gasteiger partial charge is 0.264 e. The molecule has 4 atom stereocenters. The van der Waals surface area contributed by atoms with Crippen molar-refractivity contribution in [3.8, 4) is 5.75 Å². The summed E-state index contributed by atoms with van der Waals surface area (Å²) < 4.78 is 35.1. The van der Waals surface area contributed by atoms with Crippen LogP contribution in [0.2, 0.25) is 5.02 Å². The molecule has 2 aliphatic heterocycles. The summed E-state index contributed by atoms with van der Waals surface area (Å²) in [6.07, 6.45) is 8.75. The summed E-state index contributed by atoms with van der Waals surface area (Å²) >= 11 is 6.31. The van der Waals surface area contributed by atoms with Crippen LogP contribution in [0.15, 0.2) is 36.4 Å². The van der Waals surface area contributed by atoms with E-state index in [1.807, 2.05) is 25.1 Å². The van der Waals surface area contributed by atoms with Crippen LogP contribution in [0.3, 0.4) is 0 Å². The van der Waals surface area contributed by atoms with Crippen molar-refractivity contribution < 1.29 is 23.1 Å². The molecule has 0 aromatic heterocycles. The Balaban J connectivity index is 1.51. The van der Waals surface area contributed by atoms with E-state index in [9.17, 15) is 18.3 Å². The lowest BCUT2D eigenvalue weighted by molar-refractivity contribution is 0.00933. The molecule has 0 unspecified atom stereocenters. The second-order valence-electron chi connectivity index (χ2n) is 12.0. The molecule has 0 saturated heterocycles. The van der Waals surface area contributed by atoms with Crippen LogP contribution in [-0.4, -0.2) is 43.9 Å². The fraction of sp³-hybridized carbons (Fsp3) is 0.594. The number of anilines is 1. The third-order valence-electron chi connectivity index (χ3n) is 9.32. The van der Waals surface area contributed by atoms with Crippen LogP contribution in [0.5, 0.6) is 5.75 Å². The summed E-state index contributed by atoms with van der Waals surface area (Å²) in [4.78, 5) is 15.6. The zero-order chi connectivity index (χ0) is 29.0. The number of fused-ring (bicyclic) bond motifs is 3. The molecule has 7 nitrogen and oxygen atoms in total. The number of halogens is 1. The molecule has 3 aliphatic rings. The second-order valence-corrected chi connectivity index (χ2v) is 14.4. The molecule has 2 N–H and O–H groups in total. The van der Waals surface area contributed by atoms with Crippen LogP contribution in [0, 0.1) is 11.8 Å². The first kappa shape index (κ1) is 30.2. The predicted octanol–water partition coefficient (Wildman–Crippen LogP) is 6.25. The highest BCUT2D eigenvalue weighted by Gasteiger charge is 2.37. The van der Waals surface area contributed by atoms with Gasteiger partial charge in [-0.3, -0.25) is 4.79 Å². The number of aryl methyl sites for hydroxylation is 1. The first-order chi connectivity index (χ1) is 19.7. The highest BCUT2D eigenvalue weighted by molar-refractivity contribution is 7.90. The molecule has 0 spiro atoms. The summed E-state index contributed by atoms with van der Waals surface area (Å²) in [5.74, 6) is 0.668. The molecule has 1 saturated carbocycles. The van der Waals surface area contributed by atoms with E-state index in [4.69, 9.17) is 16.3 Å². The van der Waals surface area contributed by atoms with Gasteiger partial charge in [0.2, 0.25) is 10.0 Å². The van der Waals surface area contributed by atoms with Gasteiger partial charge in [-0.15, -0.1) is 0 Å². The Morgan fingerprint density at radius 1 is 1.00 bits per heavy atom. The van der Waals surface area contributed by atoms with Crippen LogP contribution in [0.4, 0.5) is 5.69 Å². The number of nitrogens with zero attached hydrogens (tertiary/aromatic N) is 1. The van der Waals surface area contributed by atoms with Gasteiger partial charge in [0, 0.05) is 23.7 Å².